The summed E-state index contributed by atoms with van der Waals surface area (Å²) in [5, 5.41) is 8.49. The number of anilines is 1. The van der Waals surface area contributed by atoms with Gasteiger partial charge in [0, 0.05) is 22.2 Å². The van der Waals surface area contributed by atoms with Gasteiger partial charge in [0.25, 0.3) is 0 Å². The van der Waals surface area contributed by atoms with Crippen LogP contribution < -0.4 is 5.01 Å². The van der Waals surface area contributed by atoms with Gasteiger partial charge in [-0.05, 0) is 42.3 Å². The highest BCUT2D eigenvalue weighted by Gasteiger charge is 2.33. The Labute approximate surface area is 145 Å². The average Bonchev–Trinajstić information content (AvgIpc) is 2.92. The molecule has 0 spiro atoms. The van der Waals surface area contributed by atoms with Crippen molar-refractivity contribution < 1.29 is 0 Å². The Morgan fingerprint density at radius 2 is 1.68 bits per heavy atom. The predicted molar refractivity (Wildman–Crippen MR) is 95.4 cm³/mol. The number of hydrogen-bond donors (Lipinski definition) is 0. The van der Waals surface area contributed by atoms with Crippen molar-refractivity contribution in [2.75, 3.05) is 5.01 Å². The van der Waals surface area contributed by atoms with Crippen molar-refractivity contribution in [1.82, 2.24) is 0 Å². The fourth-order valence-electron chi connectivity index (χ4n) is 2.75. The Morgan fingerprint density at radius 1 is 1.00 bits per heavy atom. The number of benzene rings is 2. The lowest BCUT2D eigenvalue weighted by Crippen LogP contribution is -2.24. The topological polar surface area (TPSA) is 15.6 Å². The third-order valence-electron chi connectivity index (χ3n) is 3.89. The molecule has 1 heterocycles. The summed E-state index contributed by atoms with van der Waals surface area (Å²) >= 11 is 18.4. The van der Waals surface area contributed by atoms with Crippen molar-refractivity contribution >= 4 is 46.7 Å². The van der Waals surface area contributed by atoms with Gasteiger partial charge in [0.15, 0.2) is 0 Å². The van der Waals surface area contributed by atoms with Gasteiger partial charge in [0.2, 0.25) is 0 Å². The summed E-state index contributed by atoms with van der Waals surface area (Å²) in [5.74, 6) is 0.327. The quantitative estimate of drug-likeness (QED) is 0.639. The lowest BCUT2D eigenvalue weighted by Gasteiger charge is -2.28. The van der Waals surface area contributed by atoms with Gasteiger partial charge in [-0.1, -0.05) is 53.9 Å². The number of nitrogens with zero attached hydrogens (tertiary/aromatic N) is 2. The van der Waals surface area contributed by atoms with Gasteiger partial charge in [-0.15, -0.1) is 0 Å². The first kappa shape index (κ1) is 15.7. The summed E-state index contributed by atoms with van der Waals surface area (Å²) in [6.07, 6.45) is 2.99. The van der Waals surface area contributed by atoms with Gasteiger partial charge < -0.3 is 0 Å². The molecule has 5 heteroatoms. The van der Waals surface area contributed by atoms with E-state index in [2.05, 4.69) is 12.0 Å². The molecular weight excluding hydrogens is 339 g/mol. The molecule has 0 bridgehead atoms. The van der Waals surface area contributed by atoms with Crippen molar-refractivity contribution in [3.8, 4) is 0 Å². The molecule has 0 amide bonds. The lowest BCUT2D eigenvalue weighted by atomic mass is 9.92. The van der Waals surface area contributed by atoms with Crippen molar-refractivity contribution in [3.63, 3.8) is 0 Å². The Hall–Kier alpha value is -1.22. The first-order chi connectivity index (χ1) is 10.6. The highest BCUT2D eigenvalue weighted by molar-refractivity contribution is 6.36. The van der Waals surface area contributed by atoms with E-state index in [1.54, 1.807) is 6.07 Å². The van der Waals surface area contributed by atoms with E-state index in [4.69, 9.17) is 34.8 Å². The Morgan fingerprint density at radius 3 is 2.32 bits per heavy atom. The molecule has 3 rings (SSSR count). The molecule has 0 N–H and O–H groups in total. The average molecular weight is 354 g/mol. The van der Waals surface area contributed by atoms with Gasteiger partial charge in [0.05, 0.1) is 16.8 Å². The summed E-state index contributed by atoms with van der Waals surface area (Å²) in [6, 6.07) is 13.5. The van der Waals surface area contributed by atoms with E-state index in [9.17, 15) is 0 Å². The highest BCUT2D eigenvalue weighted by Crippen LogP contribution is 2.41. The molecule has 0 radical (unpaired) electrons. The largest absolute Gasteiger partial charge is 0.256 e. The summed E-state index contributed by atoms with van der Waals surface area (Å²) in [7, 11) is 0. The molecule has 22 heavy (non-hydrogen) atoms. The molecule has 0 unspecified atom stereocenters. The molecular formula is C17H15Cl3N2. The standard InChI is InChI=1S/C17H15Cl3N2/c1-2-11-10-21-22(16-8-7-14(19)9-15(16)20)17(11)12-3-5-13(18)6-4-12/h3-11,17H,2H2,1H3/t11-,17+/m1/s1. The van der Waals surface area contributed by atoms with Gasteiger partial charge in [0.1, 0.15) is 0 Å². The molecule has 0 fully saturated rings. The number of rotatable bonds is 3. The SMILES string of the molecule is CC[C@@H]1C=NN(c2ccc(Cl)cc2Cl)[C@@H]1c1ccc(Cl)cc1. The molecule has 2 aromatic rings. The normalized spacial score (nSPS) is 20.6. The molecule has 1 aliphatic heterocycles. The molecule has 2 nitrogen and oxygen atoms in total. The second kappa shape index (κ2) is 6.49. The van der Waals surface area contributed by atoms with Crippen molar-refractivity contribution in [2.45, 2.75) is 19.4 Å². The van der Waals surface area contributed by atoms with E-state index in [-0.39, 0.29) is 6.04 Å². The van der Waals surface area contributed by atoms with Gasteiger partial charge in [-0.25, -0.2) is 0 Å². The summed E-state index contributed by atoms with van der Waals surface area (Å²) in [5.41, 5.74) is 2.03. The second-order valence-corrected chi connectivity index (χ2v) is 6.55. The van der Waals surface area contributed by atoms with E-state index in [0.717, 1.165) is 17.1 Å². The van der Waals surface area contributed by atoms with Crippen LogP contribution in [0.1, 0.15) is 24.9 Å². The molecule has 2 atom stereocenters. The summed E-state index contributed by atoms with van der Waals surface area (Å²) in [6.45, 7) is 2.16. The summed E-state index contributed by atoms with van der Waals surface area (Å²) in [4.78, 5) is 0. The monoisotopic (exact) mass is 352 g/mol. The maximum Gasteiger partial charge on any atom is 0.0854 e. The Bertz CT molecular complexity index is 698. The maximum atomic E-state index is 6.36. The van der Waals surface area contributed by atoms with Crippen molar-refractivity contribution in [1.29, 1.82) is 0 Å². The zero-order valence-corrected chi connectivity index (χ0v) is 14.3. The van der Waals surface area contributed by atoms with Crippen LogP contribution in [0.4, 0.5) is 5.69 Å². The zero-order valence-electron chi connectivity index (χ0n) is 12.0. The Kier molecular flexibility index (Phi) is 4.62. The fraction of sp³-hybridized carbons (Fsp3) is 0.235. The molecule has 114 valence electrons. The van der Waals surface area contributed by atoms with Crippen LogP contribution in [-0.2, 0) is 0 Å². The van der Waals surface area contributed by atoms with Crippen molar-refractivity contribution in [3.05, 3.63) is 63.1 Å². The second-order valence-electron chi connectivity index (χ2n) is 5.27. The van der Waals surface area contributed by atoms with E-state index >= 15 is 0 Å². The first-order valence-corrected chi connectivity index (χ1v) is 8.27. The zero-order chi connectivity index (χ0) is 15.7. The van der Waals surface area contributed by atoms with Crippen molar-refractivity contribution in [2.24, 2.45) is 11.0 Å². The predicted octanol–water partition coefficient (Wildman–Crippen LogP) is 6.22. The molecule has 0 saturated carbocycles. The molecule has 0 saturated heterocycles. The van der Waals surface area contributed by atoms with E-state index in [1.807, 2.05) is 47.6 Å². The number of hydrogen-bond acceptors (Lipinski definition) is 2. The molecule has 2 aromatic carbocycles. The van der Waals surface area contributed by atoms with Crippen LogP contribution >= 0.6 is 34.8 Å². The number of hydrazone groups is 1. The fourth-order valence-corrected chi connectivity index (χ4v) is 3.37. The smallest absolute Gasteiger partial charge is 0.0854 e. The van der Waals surface area contributed by atoms with Gasteiger partial charge >= 0.3 is 0 Å². The third kappa shape index (κ3) is 2.96. The molecule has 0 aliphatic carbocycles. The van der Waals surface area contributed by atoms with Crippen LogP contribution in [0.2, 0.25) is 15.1 Å². The first-order valence-electron chi connectivity index (χ1n) is 7.14. The van der Waals surface area contributed by atoms with Crippen LogP contribution in [0.15, 0.2) is 47.6 Å². The van der Waals surface area contributed by atoms with Crippen LogP contribution in [0.5, 0.6) is 0 Å². The minimum absolute atomic E-state index is 0.112. The van der Waals surface area contributed by atoms with Gasteiger partial charge in [-0.3, -0.25) is 5.01 Å². The van der Waals surface area contributed by atoms with Crippen LogP contribution in [0.3, 0.4) is 0 Å². The van der Waals surface area contributed by atoms with E-state index in [1.165, 1.54) is 5.56 Å². The summed E-state index contributed by atoms with van der Waals surface area (Å²) < 4.78 is 0. The molecule has 1 aliphatic rings. The molecule has 0 aromatic heterocycles. The van der Waals surface area contributed by atoms with E-state index in [0.29, 0.717) is 16.0 Å². The number of halogens is 3. The Balaban J connectivity index is 2.02. The lowest BCUT2D eigenvalue weighted by molar-refractivity contribution is 0.541. The minimum atomic E-state index is 0.112. The minimum Gasteiger partial charge on any atom is -0.256 e. The third-order valence-corrected chi connectivity index (χ3v) is 4.68. The van der Waals surface area contributed by atoms with Crippen LogP contribution in [0, 0.1) is 5.92 Å². The van der Waals surface area contributed by atoms with Gasteiger partial charge in [-0.2, -0.15) is 5.10 Å². The van der Waals surface area contributed by atoms with Crippen LogP contribution in [0.25, 0.3) is 0 Å². The maximum absolute atomic E-state index is 6.36. The highest BCUT2D eigenvalue weighted by atomic mass is 35.5. The van der Waals surface area contributed by atoms with Crippen LogP contribution in [-0.4, -0.2) is 6.21 Å². The van der Waals surface area contributed by atoms with E-state index < -0.39 is 0 Å².